The zero-order valence-corrected chi connectivity index (χ0v) is 21.3. The highest BCUT2D eigenvalue weighted by Gasteiger charge is 2.30. The van der Waals surface area contributed by atoms with Gasteiger partial charge in [0.15, 0.2) is 0 Å². The largest absolute Gasteiger partial charge is 0.497 e. The summed E-state index contributed by atoms with van der Waals surface area (Å²) >= 11 is 0. The molecule has 1 aromatic carbocycles. The lowest BCUT2D eigenvalue weighted by molar-refractivity contribution is 0.0603. The number of likely N-dealkylation sites (tertiary alicyclic amines) is 1. The maximum absolute atomic E-state index is 12.5. The van der Waals surface area contributed by atoms with E-state index in [1.165, 1.54) is 0 Å². The zero-order chi connectivity index (χ0) is 24.9. The summed E-state index contributed by atoms with van der Waals surface area (Å²) in [6.07, 6.45) is 4.75. The molecule has 2 unspecified atom stereocenters. The number of rotatable bonds is 7. The summed E-state index contributed by atoms with van der Waals surface area (Å²) in [5.74, 6) is 1.32. The molecule has 1 amide bonds. The third kappa shape index (κ3) is 6.46. The summed E-state index contributed by atoms with van der Waals surface area (Å²) < 4.78 is 16.9. The van der Waals surface area contributed by atoms with Gasteiger partial charge >= 0.3 is 6.09 Å². The first-order valence-electron chi connectivity index (χ1n) is 11.8. The number of hydrogen-bond acceptors (Lipinski definition) is 7. The first-order chi connectivity index (χ1) is 16.1. The number of carbonyl (C=O) groups is 1. The number of amides is 1. The standard InChI is InChI=1S/C26H36N4O4/c1-8-17(3)24(29-25(31)34-26(4,5)6)22(9-2)30-13-12-19(16-30)33-23-15-27-20-11-10-18(32-7)14-21(20)28-23/h9-11,14-15,17,19H,8,12-13,16H2,1-7H3. The maximum atomic E-state index is 12.5. The average molecular weight is 469 g/mol. The predicted octanol–water partition coefficient (Wildman–Crippen LogP) is 5.42. The number of nitrogens with zero attached hydrogens (tertiary/aromatic N) is 4. The van der Waals surface area contributed by atoms with E-state index < -0.39 is 11.7 Å². The van der Waals surface area contributed by atoms with Crippen LogP contribution in [0.25, 0.3) is 11.0 Å². The van der Waals surface area contributed by atoms with Crippen LogP contribution >= 0.6 is 0 Å². The smallest absolute Gasteiger partial charge is 0.434 e. The second-order valence-electron chi connectivity index (χ2n) is 9.50. The molecule has 34 heavy (non-hydrogen) atoms. The number of ether oxygens (including phenoxy) is 3. The van der Waals surface area contributed by atoms with Crippen LogP contribution in [0.3, 0.4) is 0 Å². The lowest BCUT2D eigenvalue weighted by atomic mass is 9.99. The van der Waals surface area contributed by atoms with Gasteiger partial charge in [0.05, 0.1) is 42.3 Å². The number of carbonyl (C=O) groups excluding carboxylic acids is 1. The molecule has 0 bridgehead atoms. The Balaban J connectivity index is 1.74. The van der Waals surface area contributed by atoms with E-state index in [9.17, 15) is 4.79 Å². The van der Waals surface area contributed by atoms with Crippen LogP contribution in [0.4, 0.5) is 4.79 Å². The number of aromatic nitrogens is 2. The molecule has 0 aliphatic carbocycles. The molecule has 1 aromatic heterocycles. The number of hydrogen-bond donors (Lipinski definition) is 0. The fraction of sp³-hybridized carbons (Fsp3) is 0.538. The maximum Gasteiger partial charge on any atom is 0.434 e. The van der Waals surface area contributed by atoms with E-state index >= 15 is 0 Å². The molecule has 0 radical (unpaired) electrons. The molecule has 1 saturated heterocycles. The molecule has 184 valence electrons. The van der Waals surface area contributed by atoms with E-state index in [-0.39, 0.29) is 12.0 Å². The average Bonchev–Trinajstić information content (AvgIpc) is 3.24. The fourth-order valence-corrected chi connectivity index (χ4v) is 3.86. The van der Waals surface area contributed by atoms with Gasteiger partial charge in [-0.3, -0.25) is 0 Å². The number of allylic oxidation sites excluding steroid dienone is 2. The van der Waals surface area contributed by atoms with Gasteiger partial charge in [-0.2, -0.15) is 4.99 Å². The molecule has 1 fully saturated rings. The minimum absolute atomic E-state index is 0.0491. The van der Waals surface area contributed by atoms with Crippen molar-refractivity contribution in [3.05, 3.63) is 36.2 Å². The Morgan fingerprint density at radius 1 is 1.32 bits per heavy atom. The van der Waals surface area contributed by atoms with E-state index in [0.29, 0.717) is 12.4 Å². The Labute approximate surface area is 202 Å². The first-order valence-corrected chi connectivity index (χ1v) is 11.8. The highest BCUT2D eigenvalue weighted by molar-refractivity contribution is 6.05. The van der Waals surface area contributed by atoms with Gasteiger partial charge in [-0.05, 0) is 46.2 Å². The van der Waals surface area contributed by atoms with E-state index in [4.69, 9.17) is 14.2 Å². The van der Waals surface area contributed by atoms with Crippen molar-refractivity contribution in [2.24, 2.45) is 10.9 Å². The number of fused-ring (bicyclic) bond motifs is 1. The minimum atomic E-state index is -0.589. The molecule has 2 aromatic rings. The summed E-state index contributed by atoms with van der Waals surface area (Å²) in [5.41, 5.74) is 2.62. The number of methoxy groups -OCH3 is 1. The summed E-state index contributed by atoms with van der Waals surface area (Å²) in [6.45, 7) is 13.1. The van der Waals surface area contributed by atoms with Gasteiger partial charge in [0.25, 0.3) is 0 Å². The molecule has 2 atom stereocenters. The molecule has 8 heteroatoms. The molecule has 1 aliphatic heterocycles. The van der Waals surface area contributed by atoms with Crippen molar-refractivity contribution in [3.8, 4) is 11.6 Å². The van der Waals surface area contributed by atoms with Crippen LogP contribution in [0, 0.1) is 5.92 Å². The Bertz CT molecular complexity index is 1070. The van der Waals surface area contributed by atoms with Gasteiger partial charge in [0.1, 0.15) is 17.5 Å². The summed E-state index contributed by atoms with van der Waals surface area (Å²) in [7, 11) is 1.63. The molecule has 0 N–H and O–H groups in total. The van der Waals surface area contributed by atoms with Crippen molar-refractivity contribution in [1.82, 2.24) is 14.9 Å². The Morgan fingerprint density at radius 3 is 2.74 bits per heavy atom. The Kier molecular flexibility index (Phi) is 8.12. The normalized spacial score (nSPS) is 18.2. The predicted molar refractivity (Wildman–Crippen MR) is 134 cm³/mol. The SMILES string of the molecule is CC=C(C(=NC(=O)OC(C)(C)C)C(C)CC)N1CCC(Oc2cnc3ccc(OC)cc3n2)C1. The van der Waals surface area contributed by atoms with Crippen molar-refractivity contribution in [2.75, 3.05) is 20.2 Å². The van der Waals surface area contributed by atoms with Gasteiger partial charge in [-0.25, -0.2) is 14.8 Å². The molecule has 2 heterocycles. The molecule has 3 rings (SSSR count). The van der Waals surface area contributed by atoms with E-state index in [1.54, 1.807) is 13.3 Å². The van der Waals surface area contributed by atoms with Crippen LogP contribution < -0.4 is 9.47 Å². The summed E-state index contributed by atoms with van der Waals surface area (Å²) in [6, 6.07) is 5.58. The minimum Gasteiger partial charge on any atom is -0.497 e. The topological polar surface area (TPSA) is 86.1 Å². The van der Waals surface area contributed by atoms with E-state index in [0.717, 1.165) is 47.6 Å². The third-order valence-electron chi connectivity index (χ3n) is 5.72. The van der Waals surface area contributed by atoms with Gasteiger partial charge in [0, 0.05) is 24.9 Å². The van der Waals surface area contributed by atoms with Crippen molar-refractivity contribution in [2.45, 2.75) is 66.1 Å². The van der Waals surface area contributed by atoms with Crippen LogP contribution in [0.15, 0.2) is 41.2 Å². The molecule has 0 spiro atoms. The molecule has 1 aliphatic rings. The summed E-state index contributed by atoms with van der Waals surface area (Å²) in [4.78, 5) is 28.1. The van der Waals surface area contributed by atoms with Crippen LogP contribution in [0.2, 0.25) is 0 Å². The quantitative estimate of drug-likeness (QED) is 0.502. The highest BCUT2D eigenvalue weighted by atomic mass is 16.6. The van der Waals surface area contributed by atoms with Gasteiger partial charge < -0.3 is 19.1 Å². The molecular weight excluding hydrogens is 432 g/mol. The second-order valence-corrected chi connectivity index (χ2v) is 9.50. The van der Waals surface area contributed by atoms with Crippen LogP contribution in [-0.2, 0) is 4.74 Å². The molecule has 0 saturated carbocycles. The van der Waals surface area contributed by atoms with Crippen LogP contribution in [0.5, 0.6) is 11.6 Å². The second kappa shape index (κ2) is 10.8. The lowest BCUT2D eigenvalue weighted by Crippen LogP contribution is -2.32. The fourth-order valence-electron chi connectivity index (χ4n) is 3.86. The molecule has 8 nitrogen and oxygen atoms in total. The first kappa shape index (κ1) is 25.5. The van der Waals surface area contributed by atoms with Crippen molar-refractivity contribution >= 4 is 22.8 Å². The van der Waals surface area contributed by atoms with Gasteiger partial charge in [-0.1, -0.05) is 19.9 Å². The highest BCUT2D eigenvalue weighted by Crippen LogP contribution is 2.25. The Morgan fingerprint density at radius 2 is 2.09 bits per heavy atom. The molecular formula is C26H36N4O4. The summed E-state index contributed by atoms with van der Waals surface area (Å²) in [5, 5.41) is 0. The number of benzene rings is 1. The van der Waals surface area contributed by atoms with Gasteiger partial charge in [0.2, 0.25) is 5.88 Å². The van der Waals surface area contributed by atoms with Gasteiger partial charge in [-0.15, -0.1) is 0 Å². The lowest BCUT2D eigenvalue weighted by Gasteiger charge is -2.26. The Hall–Kier alpha value is -3.16. The number of aliphatic imine (C=N–C) groups is 1. The van der Waals surface area contributed by atoms with Crippen molar-refractivity contribution in [3.63, 3.8) is 0 Å². The zero-order valence-electron chi connectivity index (χ0n) is 21.3. The van der Waals surface area contributed by atoms with E-state index in [1.807, 2.05) is 52.0 Å². The van der Waals surface area contributed by atoms with E-state index in [2.05, 4.69) is 33.7 Å². The van der Waals surface area contributed by atoms with Crippen LogP contribution in [0.1, 0.15) is 54.4 Å². The monoisotopic (exact) mass is 468 g/mol. The van der Waals surface area contributed by atoms with Crippen molar-refractivity contribution < 1.29 is 19.0 Å². The van der Waals surface area contributed by atoms with Crippen LogP contribution in [-0.4, -0.2) is 58.6 Å². The third-order valence-corrected chi connectivity index (χ3v) is 5.72. The van der Waals surface area contributed by atoms with Crippen molar-refractivity contribution in [1.29, 1.82) is 0 Å².